The summed E-state index contributed by atoms with van der Waals surface area (Å²) in [7, 11) is 0. The first kappa shape index (κ1) is 18.4. The lowest BCUT2D eigenvalue weighted by molar-refractivity contribution is -0.122. The zero-order valence-electron chi connectivity index (χ0n) is 15.4. The Balaban J connectivity index is 1.37. The lowest BCUT2D eigenvalue weighted by Crippen LogP contribution is -2.41. The van der Waals surface area contributed by atoms with Crippen molar-refractivity contribution in [2.45, 2.75) is 32.7 Å². The Hall–Kier alpha value is -2.94. The van der Waals surface area contributed by atoms with Crippen LogP contribution in [0.1, 0.15) is 29.5 Å². The van der Waals surface area contributed by atoms with E-state index < -0.39 is 11.9 Å². The summed E-state index contributed by atoms with van der Waals surface area (Å²) >= 11 is 1.66. The summed E-state index contributed by atoms with van der Waals surface area (Å²) in [5, 5.41) is 5.66. The molecule has 3 amide bonds. The van der Waals surface area contributed by atoms with E-state index in [0.717, 1.165) is 29.5 Å². The van der Waals surface area contributed by atoms with Crippen LogP contribution in [0.5, 0.6) is 5.88 Å². The van der Waals surface area contributed by atoms with Crippen molar-refractivity contribution in [1.29, 1.82) is 0 Å². The van der Waals surface area contributed by atoms with Crippen LogP contribution in [0.4, 0.5) is 4.79 Å². The zero-order chi connectivity index (χ0) is 19.5. The number of ether oxygens (including phenoxy) is 1. The molecule has 28 heavy (non-hydrogen) atoms. The standard InChI is InChI=1S/C19H20N4O4S/c1-11-4-5-13-14(7-11)28-18-16(13)17(21-10-22-18)27-9-15(24)23-19(25)20-8-12-3-2-6-26-12/h2-3,6,10-11H,4-5,7-9H2,1H3,(H2,20,23,24,25). The molecule has 146 valence electrons. The molecule has 4 rings (SSSR count). The Morgan fingerprint density at radius 3 is 3.11 bits per heavy atom. The largest absolute Gasteiger partial charge is 0.467 e. The summed E-state index contributed by atoms with van der Waals surface area (Å²) in [6.45, 7) is 2.14. The van der Waals surface area contributed by atoms with Crippen LogP contribution in [0.3, 0.4) is 0 Å². The van der Waals surface area contributed by atoms with Crippen LogP contribution >= 0.6 is 11.3 Å². The number of carbonyl (C=O) groups is 2. The SMILES string of the molecule is CC1CCc2c(sc3ncnc(OCC(=O)NC(=O)NCc4ccco4)c23)C1. The topological polar surface area (TPSA) is 106 Å². The molecule has 2 N–H and O–H groups in total. The van der Waals surface area contributed by atoms with Gasteiger partial charge in [-0.25, -0.2) is 14.8 Å². The summed E-state index contributed by atoms with van der Waals surface area (Å²) in [5.41, 5.74) is 1.23. The molecule has 1 atom stereocenters. The van der Waals surface area contributed by atoms with Gasteiger partial charge >= 0.3 is 6.03 Å². The first-order chi connectivity index (χ1) is 13.6. The molecule has 0 fully saturated rings. The average Bonchev–Trinajstić information content (AvgIpc) is 3.31. The number of rotatable bonds is 5. The van der Waals surface area contributed by atoms with E-state index in [0.29, 0.717) is 17.6 Å². The van der Waals surface area contributed by atoms with Gasteiger partial charge in [-0.3, -0.25) is 10.1 Å². The Morgan fingerprint density at radius 1 is 1.39 bits per heavy atom. The highest BCUT2D eigenvalue weighted by Crippen LogP contribution is 2.40. The molecule has 0 saturated carbocycles. The Labute approximate surface area is 165 Å². The minimum Gasteiger partial charge on any atom is -0.467 e. The molecule has 8 nitrogen and oxygen atoms in total. The molecule has 1 unspecified atom stereocenters. The van der Waals surface area contributed by atoms with Crippen LogP contribution in [-0.2, 0) is 24.2 Å². The highest BCUT2D eigenvalue weighted by molar-refractivity contribution is 7.18. The summed E-state index contributed by atoms with van der Waals surface area (Å²) in [4.78, 5) is 34.6. The molecule has 3 heterocycles. The van der Waals surface area contributed by atoms with Crippen molar-refractivity contribution >= 4 is 33.5 Å². The maximum Gasteiger partial charge on any atom is 0.321 e. The van der Waals surface area contributed by atoms with Crippen molar-refractivity contribution in [2.75, 3.05) is 6.61 Å². The summed E-state index contributed by atoms with van der Waals surface area (Å²) < 4.78 is 10.7. The smallest absolute Gasteiger partial charge is 0.321 e. The zero-order valence-corrected chi connectivity index (χ0v) is 16.2. The van der Waals surface area contributed by atoms with Gasteiger partial charge in [-0.15, -0.1) is 11.3 Å². The minimum absolute atomic E-state index is 0.193. The van der Waals surface area contributed by atoms with E-state index in [4.69, 9.17) is 9.15 Å². The Kier molecular flexibility index (Phi) is 5.25. The van der Waals surface area contributed by atoms with Crippen molar-refractivity contribution < 1.29 is 18.7 Å². The molecule has 0 saturated heterocycles. The van der Waals surface area contributed by atoms with Gasteiger partial charge < -0.3 is 14.5 Å². The van der Waals surface area contributed by atoms with Gasteiger partial charge in [0.2, 0.25) is 5.88 Å². The van der Waals surface area contributed by atoms with Crippen molar-refractivity contribution in [1.82, 2.24) is 20.6 Å². The third kappa shape index (κ3) is 3.99. The molecule has 3 aromatic rings. The fourth-order valence-electron chi connectivity index (χ4n) is 3.28. The number of amides is 3. The second-order valence-electron chi connectivity index (χ2n) is 6.81. The van der Waals surface area contributed by atoms with E-state index in [1.165, 1.54) is 23.0 Å². The highest BCUT2D eigenvalue weighted by atomic mass is 32.1. The monoisotopic (exact) mass is 400 g/mol. The van der Waals surface area contributed by atoms with Gasteiger partial charge in [0.05, 0.1) is 18.2 Å². The van der Waals surface area contributed by atoms with Crippen molar-refractivity contribution in [3.63, 3.8) is 0 Å². The summed E-state index contributed by atoms with van der Waals surface area (Å²) in [6.07, 6.45) is 6.06. The second kappa shape index (κ2) is 7.97. The van der Waals surface area contributed by atoms with Gasteiger partial charge in [-0.05, 0) is 42.9 Å². The predicted octanol–water partition coefficient (Wildman–Crippen LogP) is 2.81. The third-order valence-corrected chi connectivity index (χ3v) is 5.82. The first-order valence-corrected chi connectivity index (χ1v) is 9.90. The van der Waals surface area contributed by atoms with Gasteiger partial charge in [-0.1, -0.05) is 6.92 Å². The Morgan fingerprint density at radius 2 is 2.29 bits per heavy atom. The molecule has 0 aromatic carbocycles. The van der Waals surface area contributed by atoms with E-state index in [2.05, 4.69) is 27.5 Å². The molecule has 3 aromatic heterocycles. The molecular formula is C19H20N4O4S. The maximum absolute atomic E-state index is 12.0. The van der Waals surface area contributed by atoms with Gasteiger partial charge in [0.1, 0.15) is 16.9 Å². The number of carbonyl (C=O) groups excluding carboxylic acids is 2. The number of imide groups is 1. The van der Waals surface area contributed by atoms with Crippen LogP contribution < -0.4 is 15.4 Å². The highest BCUT2D eigenvalue weighted by Gasteiger charge is 2.24. The van der Waals surface area contributed by atoms with E-state index in [-0.39, 0.29) is 13.2 Å². The van der Waals surface area contributed by atoms with Gasteiger partial charge in [0, 0.05) is 4.88 Å². The second-order valence-corrected chi connectivity index (χ2v) is 7.89. The summed E-state index contributed by atoms with van der Waals surface area (Å²) in [6, 6.07) is 2.84. The number of urea groups is 1. The molecule has 0 spiro atoms. The van der Waals surface area contributed by atoms with Crippen LogP contribution in [0, 0.1) is 5.92 Å². The van der Waals surface area contributed by atoms with Crippen LogP contribution in [0.2, 0.25) is 0 Å². The number of hydrogen-bond acceptors (Lipinski definition) is 7. The van der Waals surface area contributed by atoms with Crippen molar-refractivity contribution in [2.24, 2.45) is 5.92 Å². The normalized spacial score (nSPS) is 15.8. The fraction of sp³-hybridized carbons (Fsp3) is 0.368. The Bertz CT molecular complexity index is 999. The molecule has 9 heteroatoms. The number of nitrogens with zero attached hydrogens (tertiary/aromatic N) is 2. The number of thiophene rings is 1. The minimum atomic E-state index is -0.611. The number of fused-ring (bicyclic) bond motifs is 3. The van der Waals surface area contributed by atoms with E-state index in [1.54, 1.807) is 23.5 Å². The lowest BCUT2D eigenvalue weighted by atomic mass is 9.89. The maximum atomic E-state index is 12.0. The third-order valence-electron chi connectivity index (χ3n) is 4.65. The molecular weight excluding hydrogens is 380 g/mol. The van der Waals surface area contributed by atoms with Gasteiger partial charge in [0.25, 0.3) is 5.91 Å². The van der Waals surface area contributed by atoms with Crippen LogP contribution in [-0.4, -0.2) is 28.5 Å². The van der Waals surface area contributed by atoms with Gasteiger partial charge in [0.15, 0.2) is 6.61 Å². The molecule has 1 aliphatic rings. The van der Waals surface area contributed by atoms with E-state index in [1.807, 2.05) is 0 Å². The number of hydrogen-bond donors (Lipinski definition) is 2. The quantitative estimate of drug-likeness (QED) is 0.682. The summed E-state index contributed by atoms with van der Waals surface area (Å²) in [5.74, 6) is 1.09. The molecule has 1 aliphatic carbocycles. The van der Waals surface area contributed by atoms with E-state index >= 15 is 0 Å². The number of nitrogens with one attached hydrogen (secondary N) is 2. The number of aromatic nitrogens is 2. The van der Waals surface area contributed by atoms with Crippen molar-refractivity contribution in [3.8, 4) is 5.88 Å². The van der Waals surface area contributed by atoms with Crippen molar-refractivity contribution in [3.05, 3.63) is 40.9 Å². The average molecular weight is 400 g/mol. The van der Waals surface area contributed by atoms with Gasteiger partial charge in [-0.2, -0.15) is 0 Å². The number of furan rings is 1. The van der Waals surface area contributed by atoms with Crippen LogP contribution in [0.15, 0.2) is 29.1 Å². The molecule has 0 aliphatic heterocycles. The van der Waals surface area contributed by atoms with Crippen LogP contribution in [0.25, 0.3) is 10.2 Å². The molecule has 0 radical (unpaired) electrons. The first-order valence-electron chi connectivity index (χ1n) is 9.08. The van der Waals surface area contributed by atoms with E-state index in [9.17, 15) is 9.59 Å². The molecule has 0 bridgehead atoms. The predicted molar refractivity (Wildman–Crippen MR) is 103 cm³/mol. The number of aryl methyl sites for hydroxylation is 1. The lowest BCUT2D eigenvalue weighted by Gasteiger charge is -2.18. The fourth-order valence-corrected chi connectivity index (χ4v) is 4.62.